The van der Waals surface area contributed by atoms with Crippen molar-refractivity contribution in [2.45, 2.75) is 158 Å². The molecule has 0 amide bonds. The van der Waals surface area contributed by atoms with Crippen LogP contribution in [0.25, 0.3) is 0 Å². The number of hydrogen-bond donors (Lipinski definition) is 0. The van der Waals surface area contributed by atoms with Gasteiger partial charge in [-0.3, -0.25) is 0 Å². The topological polar surface area (TPSA) is 19.4 Å². The molecule has 6 radical (unpaired) electrons. The van der Waals surface area contributed by atoms with Crippen LogP contribution < -0.4 is 0 Å². The van der Waals surface area contributed by atoms with Crippen molar-refractivity contribution in [2.75, 3.05) is 0 Å². The van der Waals surface area contributed by atoms with E-state index in [2.05, 4.69) is 189 Å². The molecule has 0 unspecified atom stereocenters. The Morgan fingerprint density at radius 1 is 0.318 bits per heavy atom. The first-order chi connectivity index (χ1) is 19.4. The van der Waals surface area contributed by atoms with Gasteiger partial charge in [-0.15, -0.1) is 33.2 Å². The summed E-state index contributed by atoms with van der Waals surface area (Å²) >= 11 is 20.5. The second-order valence-electron chi connectivity index (χ2n) is 16.9. The number of nitrogens with zero attached hydrogens (tertiary/aromatic N) is 6. The molecule has 0 aromatic rings. The SMILES string of the molecule is CC(C)(C)N1C=CN(C(C)(C)C)[Si]1Cl.CC(C)(C)N1C=CN(C(C)(C)C)[Si]1Cl.CC(C)(C)N1C=CN(C(C)(C)C)[Si]1Cl.[Cl][Sn]. The van der Waals surface area contributed by atoms with Crippen molar-refractivity contribution in [3.63, 3.8) is 0 Å². The van der Waals surface area contributed by atoms with E-state index >= 15 is 0 Å². The van der Waals surface area contributed by atoms with Crippen LogP contribution in [-0.2, 0) is 0 Å². The van der Waals surface area contributed by atoms with E-state index in [4.69, 9.17) is 42.2 Å². The van der Waals surface area contributed by atoms with E-state index in [0.29, 0.717) is 0 Å². The Kier molecular flexibility index (Phi) is 16.6. The van der Waals surface area contributed by atoms with Gasteiger partial charge < -0.3 is 27.4 Å². The maximum atomic E-state index is 6.50. The van der Waals surface area contributed by atoms with Gasteiger partial charge in [0.05, 0.1) is 0 Å². The van der Waals surface area contributed by atoms with Crippen LogP contribution in [-0.4, -0.2) is 107 Å². The second-order valence-corrected chi connectivity index (χ2v) is 24.5. The minimum absolute atomic E-state index is 0.118. The van der Waals surface area contributed by atoms with Gasteiger partial charge in [0.25, 0.3) is 0 Å². The summed E-state index contributed by atoms with van der Waals surface area (Å²) in [6.07, 6.45) is 12.7. The summed E-state index contributed by atoms with van der Waals surface area (Å²) < 4.78 is 13.6. The molecule has 6 nitrogen and oxygen atoms in total. The van der Waals surface area contributed by atoms with Crippen molar-refractivity contribution in [2.24, 2.45) is 0 Å². The second kappa shape index (κ2) is 16.4. The molecule has 14 heteroatoms. The van der Waals surface area contributed by atoms with Crippen molar-refractivity contribution in [3.05, 3.63) is 37.2 Å². The zero-order valence-corrected chi connectivity index (χ0v) is 39.5. The van der Waals surface area contributed by atoms with Gasteiger partial charge in [-0.2, -0.15) is 0 Å². The molecule has 3 rings (SSSR count). The van der Waals surface area contributed by atoms with Gasteiger partial charge >= 0.3 is 55.6 Å². The summed E-state index contributed by atoms with van der Waals surface area (Å²) in [6.45, 7) is 39.4. The number of rotatable bonds is 0. The van der Waals surface area contributed by atoms with E-state index < -0.39 is 25.3 Å². The molecule has 0 spiro atoms. The van der Waals surface area contributed by atoms with E-state index in [1.165, 1.54) is 0 Å². The van der Waals surface area contributed by atoms with Gasteiger partial charge in [-0.1, -0.05) is 0 Å². The Hall–Kier alpha value is 0.629. The molecule has 3 aliphatic rings. The Bertz CT molecular complexity index is 781. The quantitative estimate of drug-likeness (QED) is 0.178. The summed E-state index contributed by atoms with van der Waals surface area (Å²) in [5.41, 5.74) is 0.706. The zero-order valence-electron chi connectivity index (χ0n) is 30.7. The zero-order chi connectivity index (χ0) is 35.4. The first-order valence-electron chi connectivity index (χ1n) is 15.0. The summed E-state index contributed by atoms with van der Waals surface area (Å²) in [7, 11) is 1.37. The Morgan fingerprint density at radius 2 is 0.409 bits per heavy atom. The molecule has 0 bridgehead atoms. The van der Waals surface area contributed by atoms with E-state index in [0.717, 1.165) is 21.4 Å². The van der Waals surface area contributed by atoms with Crippen LogP contribution in [0.5, 0.6) is 0 Å². The summed E-state index contributed by atoms with van der Waals surface area (Å²) in [6, 6.07) is 0. The minimum atomic E-state index is -1.12. The monoisotopic (exact) mass is 848 g/mol. The predicted molar refractivity (Wildman–Crippen MR) is 203 cm³/mol. The molecule has 0 aromatic carbocycles. The third-order valence-corrected chi connectivity index (χ3v) is 17.2. The van der Waals surface area contributed by atoms with Crippen LogP contribution in [0.2, 0.25) is 0 Å². The average Bonchev–Trinajstić information content (AvgIpc) is 3.50. The molecule has 0 atom stereocenters. The molecule has 254 valence electrons. The standard InChI is InChI=1S/3C10H20ClN2Si.ClH.Sn/c3*1-9(2,3)12-7-8-13(14(12)11)10(4,5)6;;/h3*7-8H,1-6H3;1H;/q;;;;+1/p-1. The van der Waals surface area contributed by atoms with Crippen LogP contribution in [0.3, 0.4) is 0 Å². The van der Waals surface area contributed by atoms with Gasteiger partial charge in [0.15, 0.2) is 0 Å². The van der Waals surface area contributed by atoms with Crippen LogP contribution >= 0.6 is 42.2 Å². The molecule has 3 heterocycles. The normalized spacial score (nSPS) is 18.9. The molecule has 0 N–H and O–H groups in total. The van der Waals surface area contributed by atoms with E-state index in [1.54, 1.807) is 0 Å². The Morgan fingerprint density at radius 3 is 0.455 bits per heavy atom. The average molecular weight is 850 g/mol. The maximum absolute atomic E-state index is 6.50. The van der Waals surface area contributed by atoms with Crippen molar-refractivity contribution < 1.29 is 0 Å². The third-order valence-electron chi connectivity index (χ3n) is 6.62. The molecule has 3 aliphatic heterocycles. The summed E-state index contributed by atoms with van der Waals surface area (Å²) in [5, 5.41) is 0. The Labute approximate surface area is 308 Å². The predicted octanol–water partition coefficient (Wildman–Crippen LogP) is 9.00. The molecule has 0 saturated carbocycles. The van der Waals surface area contributed by atoms with Crippen molar-refractivity contribution in [3.8, 4) is 0 Å². The molecular formula is C30H60Cl4N6Si3Sn. The van der Waals surface area contributed by atoms with Crippen LogP contribution in [0.15, 0.2) is 37.2 Å². The summed E-state index contributed by atoms with van der Waals surface area (Å²) in [5.74, 6) is 0. The molecule has 0 aromatic heterocycles. The van der Waals surface area contributed by atoms with Gasteiger partial charge in [-0.05, 0) is 125 Å². The third kappa shape index (κ3) is 12.9. The molecule has 0 aliphatic carbocycles. The van der Waals surface area contributed by atoms with E-state index in [1.807, 2.05) is 0 Å². The first kappa shape index (κ1) is 44.6. The summed E-state index contributed by atoms with van der Waals surface area (Å²) in [4.78, 5) is 0. The number of hydrogen-bond acceptors (Lipinski definition) is 6. The van der Waals surface area contributed by atoms with Crippen molar-refractivity contribution in [1.29, 1.82) is 0 Å². The molecule has 0 fully saturated rings. The van der Waals surface area contributed by atoms with Crippen molar-refractivity contribution in [1.82, 2.24) is 27.4 Å². The van der Waals surface area contributed by atoms with Crippen LogP contribution in [0.4, 0.5) is 0 Å². The van der Waals surface area contributed by atoms with E-state index in [-0.39, 0.29) is 33.2 Å². The fourth-order valence-electron chi connectivity index (χ4n) is 4.12. The van der Waals surface area contributed by atoms with Crippen molar-refractivity contribution >= 4 is 88.8 Å². The Balaban J connectivity index is 0.000000612. The van der Waals surface area contributed by atoms with Crippen LogP contribution in [0.1, 0.15) is 125 Å². The van der Waals surface area contributed by atoms with Gasteiger partial charge in [0, 0.05) is 70.4 Å². The van der Waals surface area contributed by atoms with Gasteiger partial charge in [0.2, 0.25) is 0 Å². The van der Waals surface area contributed by atoms with Gasteiger partial charge in [-0.25, -0.2) is 0 Å². The fourth-order valence-corrected chi connectivity index (χ4v) is 14.9. The number of halogens is 4. The van der Waals surface area contributed by atoms with E-state index in [9.17, 15) is 0 Å². The van der Waals surface area contributed by atoms with Gasteiger partial charge in [0.1, 0.15) is 0 Å². The fraction of sp³-hybridized carbons (Fsp3) is 0.800. The molecular weight excluding hydrogens is 789 g/mol. The molecule has 44 heavy (non-hydrogen) atoms. The first-order valence-corrected chi connectivity index (χ1v) is 25.8. The van der Waals surface area contributed by atoms with Crippen LogP contribution in [0, 0.1) is 0 Å². The molecule has 0 saturated heterocycles.